The van der Waals surface area contributed by atoms with Crippen molar-refractivity contribution in [3.63, 3.8) is 0 Å². The summed E-state index contributed by atoms with van der Waals surface area (Å²) < 4.78 is 32.1. The Kier molecular flexibility index (Phi) is 3.33. The normalized spacial score (nSPS) is 11.7. The van der Waals surface area contributed by atoms with Gasteiger partial charge in [-0.05, 0) is 0 Å². The van der Waals surface area contributed by atoms with E-state index in [9.17, 15) is 13.5 Å². The van der Waals surface area contributed by atoms with Gasteiger partial charge in [-0.2, -0.15) is 18.4 Å². The van der Waals surface area contributed by atoms with Crippen LogP contribution in [0.1, 0.15) is 5.76 Å². The van der Waals surface area contributed by atoms with E-state index < -0.39 is 10.1 Å². The third kappa shape index (κ3) is 3.09. The molecule has 0 aromatic carbocycles. The van der Waals surface area contributed by atoms with E-state index in [-0.39, 0.29) is 29.8 Å². The van der Waals surface area contributed by atoms with E-state index in [1.807, 2.05) is 0 Å². The summed E-state index contributed by atoms with van der Waals surface area (Å²) in [6.45, 7) is 0.212. The quantitative estimate of drug-likeness (QED) is 0.574. The molecule has 0 atom stereocenters. The Bertz CT molecular complexity index is 916. The molecule has 0 spiro atoms. The molecular formula is C11H11N5O5S. The van der Waals surface area contributed by atoms with Crippen molar-refractivity contribution in [2.45, 2.75) is 6.54 Å². The molecule has 0 aliphatic heterocycles. The maximum absolute atomic E-state index is 11.2. The SMILES string of the molecule is CS(=O)(=O)Oc1nc(NCc2cc(O)co2)c2[nH]cnc2n1. The summed E-state index contributed by atoms with van der Waals surface area (Å²) in [6, 6.07) is 1.10. The van der Waals surface area contributed by atoms with Gasteiger partial charge in [0.1, 0.15) is 17.5 Å². The van der Waals surface area contributed by atoms with Crippen molar-refractivity contribution in [1.82, 2.24) is 19.9 Å². The van der Waals surface area contributed by atoms with Crippen LogP contribution >= 0.6 is 0 Å². The van der Waals surface area contributed by atoms with Gasteiger partial charge in [-0.15, -0.1) is 0 Å². The molecule has 3 heterocycles. The number of fused-ring (bicyclic) bond motifs is 1. The Balaban J connectivity index is 1.91. The molecule has 0 saturated heterocycles. The van der Waals surface area contributed by atoms with Crippen molar-refractivity contribution in [3.05, 3.63) is 24.4 Å². The van der Waals surface area contributed by atoms with Crippen LogP contribution in [0.15, 0.2) is 23.1 Å². The number of anilines is 1. The van der Waals surface area contributed by atoms with Crippen LogP contribution in [-0.4, -0.2) is 39.7 Å². The Morgan fingerprint density at radius 3 is 2.95 bits per heavy atom. The van der Waals surface area contributed by atoms with E-state index in [4.69, 9.17) is 4.42 Å². The number of hydrogen-bond acceptors (Lipinski definition) is 9. The first-order valence-corrected chi connectivity index (χ1v) is 7.83. The summed E-state index contributed by atoms with van der Waals surface area (Å²) in [5, 5.41) is 12.1. The summed E-state index contributed by atoms with van der Waals surface area (Å²) >= 11 is 0. The van der Waals surface area contributed by atoms with E-state index in [0.717, 1.165) is 6.26 Å². The fourth-order valence-electron chi connectivity index (χ4n) is 1.75. The van der Waals surface area contributed by atoms with Crippen molar-refractivity contribution in [3.8, 4) is 11.8 Å². The molecular weight excluding hydrogens is 314 g/mol. The lowest BCUT2D eigenvalue weighted by atomic mass is 10.4. The molecule has 0 aliphatic carbocycles. The molecule has 10 nitrogen and oxygen atoms in total. The van der Waals surface area contributed by atoms with Gasteiger partial charge in [-0.1, -0.05) is 0 Å². The highest BCUT2D eigenvalue weighted by atomic mass is 32.2. The highest BCUT2D eigenvalue weighted by Gasteiger charge is 2.14. The standard InChI is InChI=1S/C11H11N5O5S/c1-22(18,19)21-11-15-9(8-10(16-11)14-5-13-8)12-3-7-2-6(17)4-20-7/h2,4-5,17H,3H2,1H3,(H2,12,13,14,15,16). The maximum atomic E-state index is 11.2. The zero-order chi connectivity index (χ0) is 15.7. The van der Waals surface area contributed by atoms with Crippen LogP contribution in [-0.2, 0) is 16.7 Å². The fraction of sp³-hybridized carbons (Fsp3) is 0.182. The molecule has 0 unspecified atom stereocenters. The number of H-pyrrole nitrogens is 1. The summed E-state index contributed by atoms with van der Waals surface area (Å²) in [5.41, 5.74) is 0.732. The minimum absolute atomic E-state index is 0.00673. The van der Waals surface area contributed by atoms with Crippen molar-refractivity contribution in [1.29, 1.82) is 0 Å². The average Bonchev–Trinajstić information content (AvgIpc) is 3.02. The van der Waals surface area contributed by atoms with Crippen molar-refractivity contribution < 1.29 is 22.1 Å². The van der Waals surface area contributed by atoms with Gasteiger partial charge in [-0.25, -0.2) is 4.98 Å². The summed E-state index contributed by atoms with van der Waals surface area (Å²) in [7, 11) is -3.75. The number of aromatic amines is 1. The molecule has 3 aromatic rings. The van der Waals surface area contributed by atoms with Crippen LogP contribution in [0.3, 0.4) is 0 Å². The van der Waals surface area contributed by atoms with E-state index >= 15 is 0 Å². The molecule has 116 valence electrons. The Labute approximate surface area is 124 Å². The first kappa shape index (κ1) is 14.1. The van der Waals surface area contributed by atoms with E-state index in [1.165, 1.54) is 18.7 Å². The molecule has 11 heteroatoms. The van der Waals surface area contributed by atoms with Crippen LogP contribution in [0.5, 0.6) is 11.8 Å². The van der Waals surface area contributed by atoms with Gasteiger partial charge in [0, 0.05) is 6.07 Å². The second kappa shape index (κ2) is 5.18. The first-order chi connectivity index (χ1) is 10.4. The predicted octanol–water partition coefficient (Wildman–Crippen LogP) is 0.602. The van der Waals surface area contributed by atoms with Crippen LogP contribution in [0, 0.1) is 0 Å². The molecule has 3 aromatic heterocycles. The molecule has 0 bridgehead atoms. The second-order valence-electron chi connectivity index (χ2n) is 4.37. The Morgan fingerprint density at radius 1 is 1.45 bits per heavy atom. The number of imidazole rings is 1. The smallest absolute Gasteiger partial charge is 0.337 e. The van der Waals surface area contributed by atoms with E-state index in [2.05, 4.69) is 29.4 Å². The Hall–Kier alpha value is -2.82. The minimum Gasteiger partial charge on any atom is -0.505 e. The number of aromatic hydroxyl groups is 1. The monoisotopic (exact) mass is 325 g/mol. The second-order valence-corrected chi connectivity index (χ2v) is 5.94. The van der Waals surface area contributed by atoms with Gasteiger partial charge < -0.3 is 24.0 Å². The zero-order valence-electron chi connectivity index (χ0n) is 11.3. The number of hydrogen-bond donors (Lipinski definition) is 3. The zero-order valence-corrected chi connectivity index (χ0v) is 12.1. The number of nitrogens with zero attached hydrogens (tertiary/aromatic N) is 3. The van der Waals surface area contributed by atoms with Gasteiger partial charge in [0.05, 0.1) is 19.1 Å². The summed E-state index contributed by atoms with van der Waals surface area (Å²) in [6.07, 6.45) is 3.48. The van der Waals surface area contributed by atoms with Gasteiger partial charge in [-0.3, -0.25) is 0 Å². The number of nitrogens with one attached hydrogen (secondary N) is 2. The number of rotatable bonds is 5. The van der Waals surface area contributed by atoms with Crippen LogP contribution < -0.4 is 9.50 Å². The lowest BCUT2D eigenvalue weighted by Crippen LogP contribution is -2.10. The molecule has 0 fully saturated rings. The predicted molar refractivity (Wildman–Crippen MR) is 74.9 cm³/mol. The number of aromatic nitrogens is 4. The molecule has 0 aliphatic rings. The van der Waals surface area contributed by atoms with Crippen LogP contribution in [0.4, 0.5) is 5.82 Å². The molecule has 0 saturated carbocycles. The highest BCUT2D eigenvalue weighted by molar-refractivity contribution is 7.86. The van der Waals surface area contributed by atoms with Gasteiger partial charge in [0.25, 0.3) is 0 Å². The highest BCUT2D eigenvalue weighted by Crippen LogP contribution is 2.22. The third-order valence-electron chi connectivity index (χ3n) is 2.56. The van der Waals surface area contributed by atoms with E-state index in [0.29, 0.717) is 11.3 Å². The third-order valence-corrected chi connectivity index (χ3v) is 3.01. The van der Waals surface area contributed by atoms with Gasteiger partial charge in [0.15, 0.2) is 17.2 Å². The fourth-order valence-corrected chi connectivity index (χ4v) is 2.09. The van der Waals surface area contributed by atoms with Crippen molar-refractivity contribution in [2.75, 3.05) is 11.6 Å². The van der Waals surface area contributed by atoms with Gasteiger partial charge >= 0.3 is 16.1 Å². The number of furan rings is 1. The molecule has 3 rings (SSSR count). The summed E-state index contributed by atoms with van der Waals surface area (Å²) in [4.78, 5) is 14.6. The molecule has 0 radical (unpaired) electrons. The topological polar surface area (TPSA) is 143 Å². The summed E-state index contributed by atoms with van der Waals surface area (Å²) in [5.74, 6) is 0.763. The van der Waals surface area contributed by atoms with Crippen molar-refractivity contribution in [2.24, 2.45) is 0 Å². The van der Waals surface area contributed by atoms with Gasteiger partial charge in [0.2, 0.25) is 0 Å². The minimum atomic E-state index is -3.75. The average molecular weight is 325 g/mol. The van der Waals surface area contributed by atoms with Crippen LogP contribution in [0.25, 0.3) is 11.2 Å². The lowest BCUT2D eigenvalue weighted by molar-refractivity contribution is 0.453. The maximum Gasteiger partial charge on any atom is 0.337 e. The Morgan fingerprint density at radius 2 is 2.27 bits per heavy atom. The van der Waals surface area contributed by atoms with E-state index in [1.54, 1.807) is 0 Å². The lowest BCUT2D eigenvalue weighted by Gasteiger charge is -2.06. The largest absolute Gasteiger partial charge is 0.505 e. The molecule has 22 heavy (non-hydrogen) atoms. The first-order valence-electron chi connectivity index (χ1n) is 6.01. The van der Waals surface area contributed by atoms with Crippen LogP contribution in [0.2, 0.25) is 0 Å². The molecule has 3 N–H and O–H groups in total. The van der Waals surface area contributed by atoms with Crippen molar-refractivity contribution >= 4 is 27.1 Å². The molecule has 0 amide bonds.